The van der Waals surface area contributed by atoms with Crippen LogP contribution >= 0.6 is 0 Å². The molecular formula is C21H27N5O4. The fourth-order valence-electron chi connectivity index (χ4n) is 3.07. The Morgan fingerprint density at radius 1 is 0.767 bits per heavy atom. The molecule has 9 N–H and O–H groups in total. The molecular weight excluding hydrogens is 386 g/mol. The van der Waals surface area contributed by atoms with Gasteiger partial charge in [0.15, 0.2) is 0 Å². The molecule has 9 nitrogen and oxygen atoms in total. The second-order valence-electron chi connectivity index (χ2n) is 6.76. The Balaban J connectivity index is 2.19. The van der Waals surface area contributed by atoms with E-state index in [2.05, 4.69) is 10.6 Å². The minimum Gasteiger partial charge on any atom is -0.480 e. The fraction of sp³-hybridized carbons (Fsp3) is 0.286. The van der Waals surface area contributed by atoms with Gasteiger partial charge in [0.25, 0.3) is 0 Å². The van der Waals surface area contributed by atoms with Crippen molar-refractivity contribution in [2.45, 2.75) is 24.0 Å². The first kappa shape index (κ1) is 23.0. The van der Waals surface area contributed by atoms with Gasteiger partial charge in [-0.3, -0.25) is 9.59 Å². The first-order valence-electron chi connectivity index (χ1n) is 9.48. The lowest BCUT2D eigenvalue weighted by molar-refractivity contribution is -0.141. The largest absolute Gasteiger partial charge is 0.480 e. The molecule has 0 radical (unpaired) electrons. The van der Waals surface area contributed by atoms with Gasteiger partial charge in [0, 0.05) is 19.0 Å². The van der Waals surface area contributed by atoms with Crippen molar-refractivity contribution in [2.75, 3.05) is 13.1 Å². The van der Waals surface area contributed by atoms with E-state index in [1.807, 2.05) is 60.7 Å². The van der Waals surface area contributed by atoms with E-state index >= 15 is 0 Å². The first-order chi connectivity index (χ1) is 14.4. The molecule has 2 aromatic carbocycles. The minimum absolute atomic E-state index is 0.234. The Kier molecular flexibility index (Phi) is 8.48. The number of hydrogen-bond donors (Lipinski definition) is 6. The number of hydrogen-bond acceptors (Lipinski definition) is 6. The lowest BCUT2D eigenvalue weighted by Gasteiger charge is -2.26. The van der Waals surface area contributed by atoms with Gasteiger partial charge in [0.1, 0.15) is 12.1 Å². The average molecular weight is 413 g/mol. The van der Waals surface area contributed by atoms with E-state index in [9.17, 15) is 14.4 Å². The van der Waals surface area contributed by atoms with E-state index in [4.69, 9.17) is 22.3 Å². The van der Waals surface area contributed by atoms with Crippen molar-refractivity contribution in [1.29, 1.82) is 0 Å². The highest BCUT2D eigenvalue weighted by molar-refractivity contribution is 5.92. The Hall–Kier alpha value is -3.27. The number of rotatable bonds is 10. The number of aliphatic carboxylic acids is 1. The van der Waals surface area contributed by atoms with Gasteiger partial charge >= 0.3 is 5.97 Å². The molecule has 0 aliphatic carbocycles. The van der Waals surface area contributed by atoms with Crippen molar-refractivity contribution in [3.05, 3.63) is 71.8 Å². The van der Waals surface area contributed by atoms with Crippen LogP contribution in [-0.4, -0.2) is 54.1 Å². The lowest BCUT2D eigenvalue weighted by Crippen LogP contribution is -2.58. The highest BCUT2D eigenvalue weighted by atomic mass is 16.4. The molecule has 0 aromatic heterocycles. The van der Waals surface area contributed by atoms with Crippen LogP contribution in [0.2, 0.25) is 0 Å². The predicted molar refractivity (Wildman–Crippen MR) is 112 cm³/mol. The van der Waals surface area contributed by atoms with Crippen molar-refractivity contribution in [3.63, 3.8) is 0 Å². The summed E-state index contributed by atoms with van der Waals surface area (Å²) in [7, 11) is 0. The molecule has 0 aliphatic heterocycles. The zero-order valence-corrected chi connectivity index (χ0v) is 16.4. The SMILES string of the molecule is NC[C@H](NC(=O)[C@H](CN)NC(=O)[C@@H](N)C(c1ccccc1)c1ccccc1)C(=O)O. The summed E-state index contributed by atoms with van der Waals surface area (Å²) in [5.74, 6) is -3.06. The Labute approximate surface area is 174 Å². The van der Waals surface area contributed by atoms with Crippen molar-refractivity contribution in [2.24, 2.45) is 17.2 Å². The molecule has 0 aliphatic rings. The molecule has 2 rings (SSSR count). The summed E-state index contributed by atoms with van der Waals surface area (Å²) < 4.78 is 0. The number of nitrogens with one attached hydrogen (secondary N) is 2. The third kappa shape index (κ3) is 5.86. The fourth-order valence-corrected chi connectivity index (χ4v) is 3.07. The van der Waals surface area contributed by atoms with E-state index in [0.717, 1.165) is 11.1 Å². The number of nitrogens with two attached hydrogens (primary N) is 3. The zero-order valence-electron chi connectivity index (χ0n) is 16.4. The summed E-state index contributed by atoms with van der Waals surface area (Å²) in [6, 6.07) is 15.2. The van der Waals surface area contributed by atoms with E-state index in [1.54, 1.807) is 0 Å². The van der Waals surface area contributed by atoms with E-state index in [0.29, 0.717) is 0 Å². The molecule has 0 heterocycles. The summed E-state index contributed by atoms with van der Waals surface area (Å²) >= 11 is 0. The number of carbonyl (C=O) groups is 3. The number of carboxylic acid groups (broad SMARTS) is 1. The molecule has 0 spiro atoms. The standard InChI is InChI=1S/C21H27N5O4/c22-11-15(19(27)26-16(12-23)21(29)30)25-20(28)18(24)17(13-7-3-1-4-8-13)14-9-5-2-6-10-14/h1-10,15-18H,11-12,22-24H2,(H,25,28)(H,26,27)(H,29,30)/t15-,16-,18-/m0/s1. The minimum atomic E-state index is -1.28. The molecule has 2 amide bonds. The predicted octanol–water partition coefficient (Wildman–Crippen LogP) is -0.883. The summed E-state index contributed by atoms with van der Waals surface area (Å²) in [6.07, 6.45) is 0. The van der Waals surface area contributed by atoms with Crippen LogP contribution in [0.5, 0.6) is 0 Å². The number of carbonyl (C=O) groups excluding carboxylic acids is 2. The van der Waals surface area contributed by atoms with Gasteiger partial charge < -0.3 is 32.9 Å². The van der Waals surface area contributed by atoms with E-state index in [1.165, 1.54) is 0 Å². The Morgan fingerprint density at radius 2 is 1.20 bits per heavy atom. The maximum Gasteiger partial charge on any atom is 0.327 e. The molecule has 0 fully saturated rings. The van der Waals surface area contributed by atoms with Gasteiger partial charge in [-0.15, -0.1) is 0 Å². The highest BCUT2D eigenvalue weighted by Gasteiger charge is 2.31. The molecule has 0 saturated heterocycles. The second kappa shape index (κ2) is 11.1. The number of amides is 2. The Morgan fingerprint density at radius 3 is 1.60 bits per heavy atom. The van der Waals surface area contributed by atoms with Crippen LogP contribution in [0.25, 0.3) is 0 Å². The third-order valence-corrected chi connectivity index (χ3v) is 4.70. The molecule has 0 unspecified atom stereocenters. The maximum atomic E-state index is 12.9. The van der Waals surface area contributed by atoms with Gasteiger partial charge in [-0.25, -0.2) is 4.79 Å². The quantitative estimate of drug-likeness (QED) is 0.293. The molecule has 9 heteroatoms. The number of carboxylic acids is 1. The Bertz CT molecular complexity index is 807. The first-order valence-corrected chi connectivity index (χ1v) is 9.48. The van der Waals surface area contributed by atoms with E-state index < -0.39 is 41.8 Å². The summed E-state index contributed by atoms with van der Waals surface area (Å²) in [5, 5.41) is 13.8. The molecule has 30 heavy (non-hydrogen) atoms. The smallest absolute Gasteiger partial charge is 0.327 e. The summed E-state index contributed by atoms with van der Waals surface area (Å²) in [4.78, 5) is 36.3. The van der Waals surface area contributed by atoms with Crippen LogP contribution in [0.1, 0.15) is 17.0 Å². The van der Waals surface area contributed by atoms with Crippen LogP contribution in [0.3, 0.4) is 0 Å². The monoisotopic (exact) mass is 413 g/mol. The van der Waals surface area contributed by atoms with Crippen LogP contribution in [0.4, 0.5) is 0 Å². The second-order valence-corrected chi connectivity index (χ2v) is 6.76. The van der Waals surface area contributed by atoms with Crippen LogP contribution in [0, 0.1) is 0 Å². The van der Waals surface area contributed by atoms with Crippen molar-refractivity contribution in [3.8, 4) is 0 Å². The van der Waals surface area contributed by atoms with E-state index in [-0.39, 0.29) is 13.1 Å². The molecule has 2 aromatic rings. The average Bonchev–Trinajstić information content (AvgIpc) is 2.76. The normalized spacial score (nSPS) is 13.9. The molecule has 3 atom stereocenters. The number of benzene rings is 2. The zero-order chi connectivity index (χ0) is 22.1. The van der Waals surface area contributed by atoms with Crippen molar-refractivity contribution < 1.29 is 19.5 Å². The van der Waals surface area contributed by atoms with Gasteiger partial charge in [0.2, 0.25) is 11.8 Å². The van der Waals surface area contributed by atoms with Gasteiger partial charge in [0.05, 0.1) is 6.04 Å². The van der Waals surface area contributed by atoms with Crippen LogP contribution < -0.4 is 27.8 Å². The van der Waals surface area contributed by atoms with Gasteiger partial charge in [-0.2, -0.15) is 0 Å². The van der Waals surface area contributed by atoms with Gasteiger partial charge in [-0.1, -0.05) is 60.7 Å². The highest BCUT2D eigenvalue weighted by Crippen LogP contribution is 2.27. The van der Waals surface area contributed by atoms with Crippen LogP contribution in [-0.2, 0) is 14.4 Å². The van der Waals surface area contributed by atoms with Gasteiger partial charge in [-0.05, 0) is 11.1 Å². The topological polar surface area (TPSA) is 174 Å². The molecule has 0 saturated carbocycles. The third-order valence-electron chi connectivity index (χ3n) is 4.70. The maximum absolute atomic E-state index is 12.9. The van der Waals surface area contributed by atoms with Crippen molar-refractivity contribution in [1.82, 2.24) is 10.6 Å². The lowest BCUT2D eigenvalue weighted by atomic mass is 9.85. The molecule has 160 valence electrons. The van der Waals surface area contributed by atoms with Crippen molar-refractivity contribution >= 4 is 17.8 Å². The van der Waals surface area contributed by atoms with Crippen LogP contribution in [0.15, 0.2) is 60.7 Å². The summed E-state index contributed by atoms with van der Waals surface area (Å²) in [6.45, 7) is -0.529. The summed E-state index contributed by atoms with van der Waals surface area (Å²) in [5.41, 5.74) is 19.0. The molecule has 0 bridgehead atoms.